The summed E-state index contributed by atoms with van der Waals surface area (Å²) >= 11 is 3.52. The average Bonchev–Trinajstić information content (AvgIpc) is 3.68. The smallest absolute Gasteiger partial charge is 0.221 e. The third kappa shape index (κ3) is 24.1. The molecular formula is C35H72N12O8S2. The van der Waals surface area contributed by atoms with Gasteiger partial charge in [-0.1, -0.05) is 10.4 Å². The third-order valence-corrected chi connectivity index (χ3v) is 10.9. The van der Waals surface area contributed by atoms with Crippen LogP contribution in [0.5, 0.6) is 0 Å². The van der Waals surface area contributed by atoms with Crippen molar-refractivity contribution in [2.24, 2.45) is 26.4 Å². The zero-order valence-electron chi connectivity index (χ0n) is 34.6. The van der Waals surface area contributed by atoms with Crippen LogP contribution in [-0.4, -0.2) is 202 Å². The van der Waals surface area contributed by atoms with Crippen LogP contribution in [0.4, 0.5) is 0 Å². The molecule has 2 heterocycles. The molecule has 0 aliphatic carbocycles. The summed E-state index contributed by atoms with van der Waals surface area (Å²) in [5.41, 5.74) is 12.6. The summed E-state index contributed by atoms with van der Waals surface area (Å²) in [5.74, 6) is 3.28. The second kappa shape index (κ2) is 31.9. The highest BCUT2D eigenvalue weighted by Crippen LogP contribution is 2.15. The quantitative estimate of drug-likeness (QED) is 0.0175. The molecule has 0 spiro atoms. The maximum atomic E-state index is 11.9. The van der Waals surface area contributed by atoms with Crippen molar-refractivity contribution >= 4 is 29.4 Å². The van der Waals surface area contributed by atoms with E-state index in [1.165, 1.54) is 0 Å². The molecule has 4 unspecified atom stereocenters. The van der Waals surface area contributed by atoms with Crippen LogP contribution in [-0.2, 0) is 23.7 Å². The van der Waals surface area contributed by atoms with Crippen LogP contribution in [0.2, 0.25) is 0 Å². The van der Waals surface area contributed by atoms with Crippen molar-refractivity contribution in [3.63, 3.8) is 0 Å². The molecule has 22 heteroatoms. The summed E-state index contributed by atoms with van der Waals surface area (Å²) in [6, 6.07) is -0.999. The summed E-state index contributed by atoms with van der Waals surface area (Å²) < 4.78 is 24.3. The number of rotatable bonds is 36. The first-order valence-electron chi connectivity index (χ1n) is 19.9. The van der Waals surface area contributed by atoms with Crippen LogP contribution in [0.25, 0.3) is 0 Å². The SMILES string of the molecule is CCN1CC(COCC(COCC2=CN(CCCSCCC(N)CO)NNC2)(COCC(C)/N=N\N(C)CCCSCCC(=O)NC(CO)CO)NCOC)N=N1. The number of thioether (sulfide) groups is 2. The summed E-state index contributed by atoms with van der Waals surface area (Å²) in [5, 5.41) is 56.4. The molecule has 0 bridgehead atoms. The fourth-order valence-corrected chi connectivity index (χ4v) is 7.20. The molecule has 0 saturated heterocycles. The zero-order chi connectivity index (χ0) is 41.6. The minimum atomic E-state index is -0.724. The predicted octanol–water partition coefficient (Wildman–Crippen LogP) is -0.248. The Kier molecular flexibility index (Phi) is 28.7. The third-order valence-electron chi connectivity index (χ3n) is 8.69. The summed E-state index contributed by atoms with van der Waals surface area (Å²) in [4.78, 5) is 11.9. The molecule has 1 amide bonds. The number of hydrogen-bond acceptors (Lipinski definition) is 20. The van der Waals surface area contributed by atoms with Crippen LogP contribution >= 0.6 is 23.5 Å². The minimum absolute atomic E-state index is 0.0240. The van der Waals surface area contributed by atoms with Crippen molar-refractivity contribution in [1.29, 1.82) is 0 Å². The standard InChI is InChI=1S/C35H72N12O8S2/c1-5-46-18-32(41-44-46)24-55-27-35(37-28-52-4,26-54-23-30-16-38-42-47(17-30)11-7-13-56-14-8-31(36)19-48)25-53-22-29(2)40-43-45(3)10-6-12-57-15-9-34(51)39-33(20-49)21-50/h17,29,31-33,37-38,42,48-50H,5-16,18-28,36H2,1-4H3,(H,39,51)/b43-40-. The monoisotopic (exact) mass is 853 g/mol. The van der Waals surface area contributed by atoms with Gasteiger partial charge in [0.05, 0.1) is 90.4 Å². The van der Waals surface area contributed by atoms with E-state index in [4.69, 9.17) is 40.0 Å². The van der Waals surface area contributed by atoms with Crippen molar-refractivity contribution in [1.82, 2.24) is 36.6 Å². The van der Waals surface area contributed by atoms with Gasteiger partial charge in [0.2, 0.25) is 5.91 Å². The number of likely N-dealkylation sites (N-methyl/N-ethyl adjacent to an activating group) is 1. The highest BCUT2D eigenvalue weighted by atomic mass is 32.2. The Hall–Kier alpha value is -1.93. The van der Waals surface area contributed by atoms with Crippen LogP contribution in [0.1, 0.15) is 39.5 Å². The van der Waals surface area contributed by atoms with Crippen LogP contribution in [0.3, 0.4) is 0 Å². The Balaban J connectivity index is 1.86. The molecule has 0 aromatic rings. The first kappa shape index (κ1) is 51.2. The van der Waals surface area contributed by atoms with E-state index < -0.39 is 11.6 Å². The highest BCUT2D eigenvalue weighted by molar-refractivity contribution is 7.99. The van der Waals surface area contributed by atoms with Gasteiger partial charge in [0.1, 0.15) is 6.04 Å². The Labute approximate surface area is 347 Å². The van der Waals surface area contributed by atoms with E-state index in [0.717, 1.165) is 61.7 Å². The van der Waals surface area contributed by atoms with Crippen LogP contribution < -0.4 is 27.3 Å². The summed E-state index contributed by atoms with van der Waals surface area (Å²) in [6.07, 6.45) is 5.09. The number of methoxy groups -OCH3 is 1. The maximum absolute atomic E-state index is 11.9. The van der Waals surface area contributed by atoms with Crippen molar-refractivity contribution in [2.75, 3.05) is 136 Å². The number of amides is 1. The summed E-state index contributed by atoms with van der Waals surface area (Å²) in [6.45, 7) is 9.47. The number of carbonyl (C=O) groups excluding carboxylic acids is 1. The minimum Gasteiger partial charge on any atom is -0.395 e. The number of carbonyl (C=O) groups is 1. The molecule has 2 aliphatic heterocycles. The zero-order valence-corrected chi connectivity index (χ0v) is 36.2. The molecule has 0 saturated carbocycles. The topological polar surface area (TPSA) is 248 Å². The van der Waals surface area contributed by atoms with E-state index in [9.17, 15) is 4.79 Å². The van der Waals surface area contributed by atoms with Gasteiger partial charge in [0, 0.05) is 64.8 Å². The Bertz CT molecular complexity index is 1140. The van der Waals surface area contributed by atoms with E-state index in [1.54, 1.807) is 23.9 Å². The Morgan fingerprint density at radius 1 is 1.12 bits per heavy atom. The molecule has 57 heavy (non-hydrogen) atoms. The van der Waals surface area contributed by atoms with Crippen LogP contribution in [0, 0.1) is 0 Å². The maximum Gasteiger partial charge on any atom is 0.221 e. The fraction of sp³-hybridized carbons (Fsp3) is 0.914. The number of nitrogens with zero attached hydrogens (tertiary/aromatic N) is 7. The number of nitrogens with two attached hydrogens (primary N) is 1. The van der Waals surface area contributed by atoms with E-state index in [2.05, 4.69) is 48.5 Å². The van der Waals surface area contributed by atoms with E-state index in [-0.39, 0.29) is 57.2 Å². The Morgan fingerprint density at radius 3 is 2.61 bits per heavy atom. The van der Waals surface area contributed by atoms with E-state index in [1.807, 2.05) is 42.7 Å². The molecule has 0 fully saturated rings. The number of aliphatic hydroxyl groups is 3. The first-order chi connectivity index (χ1) is 27.6. The molecular weight excluding hydrogens is 781 g/mol. The Morgan fingerprint density at radius 2 is 1.88 bits per heavy atom. The average molecular weight is 853 g/mol. The molecule has 0 aromatic heterocycles. The van der Waals surface area contributed by atoms with Crippen molar-refractivity contribution in [2.45, 2.75) is 69.2 Å². The normalized spacial score (nSPS) is 18.1. The second-order valence-electron chi connectivity index (χ2n) is 14.2. The van der Waals surface area contributed by atoms with Gasteiger partial charge in [0.25, 0.3) is 0 Å². The first-order valence-corrected chi connectivity index (χ1v) is 22.2. The number of ether oxygens (including phenoxy) is 4. The highest BCUT2D eigenvalue weighted by Gasteiger charge is 2.33. The molecule has 20 nitrogen and oxygen atoms in total. The van der Waals surface area contributed by atoms with Crippen LogP contribution in [0.15, 0.2) is 32.4 Å². The molecule has 2 aliphatic rings. The van der Waals surface area contributed by atoms with Gasteiger partial charge in [-0.25, -0.2) is 5.43 Å². The lowest BCUT2D eigenvalue weighted by atomic mass is 10.0. The van der Waals surface area contributed by atoms with Crippen molar-refractivity contribution in [3.8, 4) is 0 Å². The number of hydrogen-bond donors (Lipinski definition) is 8. The van der Waals surface area contributed by atoms with Gasteiger partial charge in [0.15, 0.2) is 0 Å². The van der Waals surface area contributed by atoms with Crippen molar-refractivity contribution in [3.05, 3.63) is 11.8 Å². The fourth-order valence-electron chi connectivity index (χ4n) is 5.33. The van der Waals surface area contributed by atoms with Gasteiger partial charge < -0.3 is 50.3 Å². The molecule has 4 atom stereocenters. The lowest BCUT2D eigenvalue weighted by Crippen LogP contribution is -2.57. The van der Waals surface area contributed by atoms with E-state index in [0.29, 0.717) is 58.3 Å². The van der Waals surface area contributed by atoms with Gasteiger partial charge in [-0.2, -0.15) is 39.3 Å². The molecule has 9 N–H and O–H groups in total. The van der Waals surface area contributed by atoms with Gasteiger partial charge in [-0.15, -0.1) is 0 Å². The lowest BCUT2D eigenvalue weighted by molar-refractivity contribution is -0.122. The number of aliphatic hydroxyl groups excluding tert-OH is 3. The number of hydrazine groups is 2. The molecule has 2 rings (SSSR count). The molecule has 0 aromatic carbocycles. The van der Waals surface area contributed by atoms with Gasteiger partial charge >= 0.3 is 0 Å². The van der Waals surface area contributed by atoms with Gasteiger partial charge in [-0.05, 0) is 55.9 Å². The molecule has 332 valence electrons. The largest absolute Gasteiger partial charge is 0.395 e. The second-order valence-corrected chi connectivity index (χ2v) is 16.7. The van der Waals surface area contributed by atoms with Gasteiger partial charge in [-0.3, -0.25) is 20.1 Å². The van der Waals surface area contributed by atoms with Crippen molar-refractivity contribution < 1.29 is 39.1 Å². The lowest BCUT2D eigenvalue weighted by Gasteiger charge is -2.35. The summed E-state index contributed by atoms with van der Waals surface area (Å²) in [7, 11) is 3.51. The van der Waals surface area contributed by atoms with E-state index >= 15 is 0 Å². The molecule has 0 radical (unpaired) electrons. The predicted molar refractivity (Wildman–Crippen MR) is 223 cm³/mol. The number of nitrogens with one attached hydrogen (secondary N) is 4.